The molecule has 1 heterocycles. The van der Waals surface area contributed by atoms with E-state index >= 15 is 0 Å². The van der Waals surface area contributed by atoms with Gasteiger partial charge in [-0.2, -0.15) is 0 Å². The maximum Gasteiger partial charge on any atom is 0.130 e. The van der Waals surface area contributed by atoms with Crippen molar-refractivity contribution >= 4 is 17.2 Å². The predicted molar refractivity (Wildman–Crippen MR) is 77.1 cm³/mol. The van der Waals surface area contributed by atoms with Gasteiger partial charge in [0.25, 0.3) is 0 Å². The maximum absolute atomic E-state index is 5.75. The summed E-state index contributed by atoms with van der Waals surface area (Å²) >= 11 is 0. The number of aromatic nitrogens is 1. The van der Waals surface area contributed by atoms with Gasteiger partial charge in [-0.05, 0) is 43.2 Å². The molecule has 0 saturated heterocycles. The van der Waals surface area contributed by atoms with Crippen LogP contribution in [0.4, 0.5) is 17.2 Å². The van der Waals surface area contributed by atoms with E-state index in [1.807, 2.05) is 19.1 Å². The molecule has 0 atom stereocenters. The van der Waals surface area contributed by atoms with Gasteiger partial charge in [0.1, 0.15) is 5.82 Å². The Morgan fingerprint density at radius 3 is 2.44 bits per heavy atom. The van der Waals surface area contributed by atoms with Crippen molar-refractivity contribution in [3.8, 4) is 0 Å². The first-order chi connectivity index (χ1) is 8.69. The number of benzene rings is 1. The normalized spacial score (nSPS) is 10.3. The summed E-state index contributed by atoms with van der Waals surface area (Å²) in [6, 6.07) is 12.2. The molecule has 18 heavy (non-hydrogen) atoms. The minimum Gasteiger partial charge on any atom is -0.397 e. The summed E-state index contributed by atoms with van der Waals surface area (Å²) < 4.78 is 0. The van der Waals surface area contributed by atoms with Gasteiger partial charge in [-0.15, -0.1) is 0 Å². The predicted octanol–water partition coefficient (Wildman–Crippen LogP) is 3.67. The number of hydrogen-bond donors (Lipinski definition) is 2. The summed E-state index contributed by atoms with van der Waals surface area (Å²) in [7, 11) is 0. The molecule has 0 fully saturated rings. The standard InChI is InChI=1S/C15H19N3/c1-3-4-12-5-7-13(8-6-12)18-15-10-9-14(16)11(2)17-15/h5-10H,3-4,16H2,1-2H3,(H,17,18). The Morgan fingerprint density at radius 1 is 1.11 bits per heavy atom. The lowest BCUT2D eigenvalue weighted by atomic mass is 10.1. The van der Waals surface area contributed by atoms with Gasteiger partial charge in [0.05, 0.1) is 11.4 Å². The first-order valence-electron chi connectivity index (χ1n) is 6.28. The van der Waals surface area contributed by atoms with Gasteiger partial charge in [0, 0.05) is 5.69 Å². The Labute approximate surface area is 108 Å². The van der Waals surface area contributed by atoms with Crippen molar-refractivity contribution in [1.29, 1.82) is 0 Å². The van der Waals surface area contributed by atoms with Crippen molar-refractivity contribution in [1.82, 2.24) is 4.98 Å². The van der Waals surface area contributed by atoms with Crippen LogP contribution < -0.4 is 11.1 Å². The molecule has 3 heteroatoms. The first kappa shape index (κ1) is 12.4. The van der Waals surface area contributed by atoms with E-state index in [0.717, 1.165) is 29.3 Å². The molecule has 0 spiro atoms. The van der Waals surface area contributed by atoms with Crippen LogP contribution in [0.2, 0.25) is 0 Å². The summed E-state index contributed by atoms with van der Waals surface area (Å²) in [4.78, 5) is 4.39. The molecule has 0 unspecified atom stereocenters. The zero-order valence-electron chi connectivity index (χ0n) is 10.9. The van der Waals surface area contributed by atoms with Crippen molar-refractivity contribution in [3.63, 3.8) is 0 Å². The van der Waals surface area contributed by atoms with Crippen LogP contribution in [0.3, 0.4) is 0 Å². The molecular weight excluding hydrogens is 222 g/mol. The Bertz CT molecular complexity index is 518. The van der Waals surface area contributed by atoms with E-state index in [-0.39, 0.29) is 0 Å². The fraction of sp³-hybridized carbons (Fsp3) is 0.267. The third-order valence-corrected chi connectivity index (χ3v) is 2.89. The number of pyridine rings is 1. The van der Waals surface area contributed by atoms with Crippen LogP contribution in [-0.4, -0.2) is 4.98 Å². The summed E-state index contributed by atoms with van der Waals surface area (Å²) in [5.41, 5.74) is 9.73. The summed E-state index contributed by atoms with van der Waals surface area (Å²) in [6.45, 7) is 4.10. The lowest BCUT2D eigenvalue weighted by Gasteiger charge is -2.08. The number of nitrogens with zero attached hydrogens (tertiary/aromatic N) is 1. The molecular formula is C15H19N3. The third kappa shape index (κ3) is 3.00. The van der Waals surface area contributed by atoms with Crippen LogP contribution in [0.25, 0.3) is 0 Å². The van der Waals surface area contributed by atoms with Crippen molar-refractivity contribution in [2.45, 2.75) is 26.7 Å². The molecule has 0 aliphatic heterocycles. The lowest BCUT2D eigenvalue weighted by Crippen LogP contribution is -1.98. The van der Waals surface area contributed by atoms with E-state index in [9.17, 15) is 0 Å². The lowest BCUT2D eigenvalue weighted by molar-refractivity contribution is 0.922. The molecule has 0 aliphatic rings. The van der Waals surface area contributed by atoms with Crippen molar-refractivity contribution in [3.05, 3.63) is 47.7 Å². The van der Waals surface area contributed by atoms with Crippen LogP contribution >= 0.6 is 0 Å². The zero-order chi connectivity index (χ0) is 13.0. The van der Waals surface area contributed by atoms with Crippen molar-refractivity contribution < 1.29 is 0 Å². The molecule has 3 N–H and O–H groups in total. The highest BCUT2D eigenvalue weighted by Crippen LogP contribution is 2.18. The Hall–Kier alpha value is -2.03. The molecule has 0 aliphatic carbocycles. The number of nitrogen functional groups attached to an aromatic ring is 1. The monoisotopic (exact) mass is 241 g/mol. The number of hydrogen-bond acceptors (Lipinski definition) is 3. The van der Waals surface area contributed by atoms with E-state index in [4.69, 9.17) is 5.73 Å². The van der Waals surface area contributed by atoms with Crippen LogP contribution in [0.5, 0.6) is 0 Å². The van der Waals surface area contributed by atoms with Crippen LogP contribution in [0.15, 0.2) is 36.4 Å². The molecule has 1 aromatic carbocycles. The van der Waals surface area contributed by atoms with Crippen LogP contribution in [0, 0.1) is 6.92 Å². The smallest absolute Gasteiger partial charge is 0.130 e. The fourth-order valence-corrected chi connectivity index (χ4v) is 1.83. The summed E-state index contributed by atoms with van der Waals surface area (Å²) in [5.74, 6) is 0.824. The zero-order valence-corrected chi connectivity index (χ0v) is 10.9. The molecule has 0 radical (unpaired) electrons. The molecule has 0 amide bonds. The second-order valence-corrected chi connectivity index (χ2v) is 4.44. The fourth-order valence-electron chi connectivity index (χ4n) is 1.83. The van der Waals surface area contributed by atoms with Gasteiger partial charge in [-0.3, -0.25) is 0 Å². The van der Waals surface area contributed by atoms with Crippen LogP contribution in [-0.2, 0) is 6.42 Å². The van der Waals surface area contributed by atoms with Gasteiger partial charge in [-0.25, -0.2) is 4.98 Å². The third-order valence-electron chi connectivity index (χ3n) is 2.89. The molecule has 2 aromatic rings. The molecule has 0 bridgehead atoms. The Kier molecular flexibility index (Phi) is 3.82. The Morgan fingerprint density at radius 2 is 1.83 bits per heavy atom. The minimum atomic E-state index is 0.721. The van der Waals surface area contributed by atoms with Gasteiger partial charge in [0.15, 0.2) is 0 Å². The van der Waals surface area contributed by atoms with E-state index in [2.05, 4.69) is 41.5 Å². The number of anilines is 3. The number of rotatable bonds is 4. The van der Waals surface area contributed by atoms with Crippen molar-refractivity contribution in [2.24, 2.45) is 0 Å². The quantitative estimate of drug-likeness (QED) is 0.858. The number of aryl methyl sites for hydroxylation is 2. The highest BCUT2D eigenvalue weighted by molar-refractivity contribution is 5.59. The highest BCUT2D eigenvalue weighted by Gasteiger charge is 1.99. The van der Waals surface area contributed by atoms with E-state index in [1.54, 1.807) is 0 Å². The minimum absolute atomic E-state index is 0.721. The molecule has 2 rings (SSSR count). The molecule has 94 valence electrons. The summed E-state index contributed by atoms with van der Waals surface area (Å²) in [6.07, 6.45) is 2.30. The molecule has 3 nitrogen and oxygen atoms in total. The molecule has 1 aromatic heterocycles. The average Bonchev–Trinajstić information content (AvgIpc) is 2.37. The van der Waals surface area contributed by atoms with E-state index in [0.29, 0.717) is 0 Å². The van der Waals surface area contributed by atoms with Gasteiger partial charge in [0.2, 0.25) is 0 Å². The number of nitrogens with two attached hydrogens (primary N) is 1. The number of nitrogens with one attached hydrogen (secondary N) is 1. The second-order valence-electron chi connectivity index (χ2n) is 4.44. The van der Waals surface area contributed by atoms with Crippen molar-refractivity contribution in [2.75, 3.05) is 11.1 Å². The molecule has 0 saturated carbocycles. The SMILES string of the molecule is CCCc1ccc(Nc2ccc(N)c(C)n2)cc1. The van der Waals surface area contributed by atoms with Gasteiger partial charge < -0.3 is 11.1 Å². The maximum atomic E-state index is 5.75. The van der Waals surface area contributed by atoms with Crippen LogP contribution in [0.1, 0.15) is 24.6 Å². The van der Waals surface area contributed by atoms with E-state index in [1.165, 1.54) is 12.0 Å². The first-order valence-corrected chi connectivity index (χ1v) is 6.28. The average molecular weight is 241 g/mol. The Balaban J connectivity index is 2.10. The second kappa shape index (κ2) is 5.54. The highest BCUT2D eigenvalue weighted by atomic mass is 15.0. The topological polar surface area (TPSA) is 50.9 Å². The van der Waals surface area contributed by atoms with Gasteiger partial charge >= 0.3 is 0 Å². The summed E-state index contributed by atoms with van der Waals surface area (Å²) in [5, 5.41) is 3.27. The largest absolute Gasteiger partial charge is 0.397 e. The van der Waals surface area contributed by atoms with E-state index < -0.39 is 0 Å². The van der Waals surface area contributed by atoms with Gasteiger partial charge in [-0.1, -0.05) is 25.5 Å².